The Bertz CT molecular complexity index is 997. The molecule has 2 aromatic carbocycles. The fraction of sp³-hybridized carbons (Fsp3) is 0.273. The minimum atomic E-state index is -0.384. The molecule has 3 aromatic rings. The van der Waals surface area contributed by atoms with Gasteiger partial charge in [0.05, 0.1) is 12.6 Å². The second-order valence-electron chi connectivity index (χ2n) is 6.93. The molecule has 144 valence electrons. The van der Waals surface area contributed by atoms with E-state index in [1.54, 1.807) is 13.0 Å². The van der Waals surface area contributed by atoms with Gasteiger partial charge in [0, 0.05) is 22.5 Å². The Morgan fingerprint density at radius 2 is 1.96 bits per heavy atom. The summed E-state index contributed by atoms with van der Waals surface area (Å²) < 4.78 is 5.03. The number of anilines is 1. The molecule has 1 saturated heterocycles. The Kier molecular flexibility index (Phi) is 5.12. The van der Waals surface area contributed by atoms with E-state index in [9.17, 15) is 9.59 Å². The van der Waals surface area contributed by atoms with Crippen LogP contribution >= 0.6 is 0 Å². The van der Waals surface area contributed by atoms with Gasteiger partial charge in [0.1, 0.15) is 5.69 Å². The Morgan fingerprint density at radius 3 is 2.75 bits per heavy atom. The minimum Gasteiger partial charge on any atom is -0.461 e. The summed E-state index contributed by atoms with van der Waals surface area (Å²) in [5, 5.41) is 7.17. The monoisotopic (exact) mass is 377 g/mol. The van der Waals surface area contributed by atoms with E-state index in [2.05, 4.69) is 27.8 Å². The minimum absolute atomic E-state index is 0.0492. The number of carbonyl (C=O) groups is 2. The van der Waals surface area contributed by atoms with Gasteiger partial charge in [0.2, 0.25) is 5.91 Å². The molecule has 4 rings (SSSR count). The first kappa shape index (κ1) is 18.3. The predicted molar refractivity (Wildman–Crippen MR) is 108 cm³/mol. The van der Waals surface area contributed by atoms with Gasteiger partial charge >= 0.3 is 5.97 Å². The molecule has 6 heteroatoms. The van der Waals surface area contributed by atoms with Crippen LogP contribution in [0.4, 0.5) is 5.69 Å². The standard InChI is InChI=1S/C22H23N3O3/c1-2-28-22(27)19-13-15-12-16(8-9-18(15)25-19)24-21(26)20-17(10-11-23-20)14-6-4-3-5-7-14/h3-9,12-13,17,20,23,25H,2,10-11H2,1H3,(H,24,26)/t17?,20-/m0/s1. The highest BCUT2D eigenvalue weighted by Gasteiger charge is 2.33. The molecular formula is C22H23N3O3. The van der Waals surface area contributed by atoms with Gasteiger partial charge < -0.3 is 20.4 Å². The maximum atomic E-state index is 12.9. The van der Waals surface area contributed by atoms with E-state index in [1.807, 2.05) is 36.4 Å². The first-order valence-corrected chi connectivity index (χ1v) is 9.55. The van der Waals surface area contributed by atoms with Crippen LogP contribution in [0.3, 0.4) is 0 Å². The first-order valence-electron chi connectivity index (χ1n) is 9.55. The number of hydrogen-bond acceptors (Lipinski definition) is 4. The lowest BCUT2D eigenvalue weighted by molar-refractivity contribution is -0.118. The van der Waals surface area contributed by atoms with Gasteiger partial charge in [-0.3, -0.25) is 4.79 Å². The Hall–Kier alpha value is -3.12. The molecule has 6 nitrogen and oxygen atoms in total. The van der Waals surface area contributed by atoms with Crippen molar-refractivity contribution in [1.29, 1.82) is 0 Å². The Balaban J connectivity index is 1.51. The number of rotatable bonds is 5. The fourth-order valence-electron chi connectivity index (χ4n) is 3.79. The van der Waals surface area contributed by atoms with Crippen LogP contribution in [0.2, 0.25) is 0 Å². The molecule has 1 aromatic heterocycles. The highest BCUT2D eigenvalue weighted by Crippen LogP contribution is 2.29. The molecule has 0 radical (unpaired) electrons. The van der Waals surface area contributed by atoms with E-state index in [4.69, 9.17) is 4.74 Å². The normalized spacial score (nSPS) is 18.9. The number of aromatic amines is 1. The molecule has 1 aliphatic rings. The van der Waals surface area contributed by atoms with Gasteiger partial charge in [-0.1, -0.05) is 30.3 Å². The number of H-pyrrole nitrogens is 1. The zero-order valence-electron chi connectivity index (χ0n) is 15.7. The second-order valence-corrected chi connectivity index (χ2v) is 6.93. The summed E-state index contributed by atoms with van der Waals surface area (Å²) in [7, 11) is 0. The molecule has 0 bridgehead atoms. The molecule has 2 heterocycles. The third kappa shape index (κ3) is 3.64. The van der Waals surface area contributed by atoms with Gasteiger partial charge in [0.25, 0.3) is 0 Å². The molecule has 3 N–H and O–H groups in total. The summed E-state index contributed by atoms with van der Waals surface area (Å²) in [6, 6.07) is 17.1. The van der Waals surface area contributed by atoms with Crippen molar-refractivity contribution in [2.45, 2.75) is 25.3 Å². The zero-order chi connectivity index (χ0) is 19.5. The van der Waals surface area contributed by atoms with Crippen molar-refractivity contribution in [2.75, 3.05) is 18.5 Å². The van der Waals surface area contributed by atoms with Crippen molar-refractivity contribution in [3.63, 3.8) is 0 Å². The molecule has 2 atom stereocenters. The molecule has 0 aliphatic carbocycles. The quantitative estimate of drug-likeness (QED) is 0.595. The predicted octanol–water partition coefficient (Wildman–Crippen LogP) is 3.43. The smallest absolute Gasteiger partial charge is 0.354 e. The van der Waals surface area contributed by atoms with Gasteiger partial charge in [-0.05, 0) is 49.7 Å². The summed E-state index contributed by atoms with van der Waals surface area (Å²) >= 11 is 0. The summed E-state index contributed by atoms with van der Waals surface area (Å²) in [6.45, 7) is 2.91. The van der Waals surface area contributed by atoms with Crippen LogP contribution < -0.4 is 10.6 Å². The van der Waals surface area contributed by atoms with Crippen LogP contribution in [0.25, 0.3) is 10.9 Å². The van der Waals surface area contributed by atoms with Crippen molar-refractivity contribution < 1.29 is 14.3 Å². The lowest BCUT2D eigenvalue weighted by atomic mass is 9.91. The molecule has 0 saturated carbocycles. The third-order valence-electron chi connectivity index (χ3n) is 5.12. The van der Waals surface area contributed by atoms with Crippen LogP contribution in [-0.2, 0) is 9.53 Å². The third-order valence-corrected chi connectivity index (χ3v) is 5.12. The second kappa shape index (κ2) is 7.86. The summed E-state index contributed by atoms with van der Waals surface area (Å²) in [6.07, 6.45) is 0.932. The number of hydrogen-bond donors (Lipinski definition) is 3. The molecule has 0 spiro atoms. The maximum absolute atomic E-state index is 12.9. The lowest BCUT2D eigenvalue weighted by Gasteiger charge is -2.19. The molecule has 1 unspecified atom stereocenters. The van der Waals surface area contributed by atoms with Crippen LogP contribution in [0.15, 0.2) is 54.6 Å². The van der Waals surface area contributed by atoms with E-state index in [0.29, 0.717) is 18.0 Å². The SMILES string of the molecule is CCOC(=O)c1cc2cc(NC(=O)[C@H]3NCCC3c3ccccc3)ccc2[nH]1. The Morgan fingerprint density at radius 1 is 1.14 bits per heavy atom. The number of nitrogens with one attached hydrogen (secondary N) is 3. The molecule has 1 fully saturated rings. The number of ether oxygens (including phenoxy) is 1. The van der Waals surface area contributed by atoms with Gasteiger partial charge in [0.15, 0.2) is 0 Å². The van der Waals surface area contributed by atoms with Gasteiger partial charge in [-0.15, -0.1) is 0 Å². The molecule has 28 heavy (non-hydrogen) atoms. The van der Waals surface area contributed by atoms with E-state index < -0.39 is 0 Å². The zero-order valence-corrected chi connectivity index (χ0v) is 15.7. The maximum Gasteiger partial charge on any atom is 0.354 e. The number of esters is 1. The van der Waals surface area contributed by atoms with Crippen molar-refractivity contribution in [2.24, 2.45) is 0 Å². The number of carbonyl (C=O) groups excluding carboxylic acids is 2. The lowest BCUT2D eigenvalue weighted by Crippen LogP contribution is -2.39. The number of benzene rings is 2. The average molecular weight is 377 g/mol. The summed E-state index contributed by atoms with van der Waals surface area (Å²) in [5.74, 6) is -0.274. The average Bonchev–Trinajstić information content (AvgIpc) is 3.36. The van der Waals surface area contributed by atoms with Gasteiger partial charge in [-0.2, -0.15) is 0 Å². The highest BCUT2D eigenvalue weighted by atomic mass is 16.5. The van der Waals surface area contributed by atoms with Crippen molar-refractivity contribution >= 4 is 28.5 Å². The summed E-state index contributed by atoms with van der Waals surface area (Å²) in [5.41, 5.74) is 3.10. The molecule has 1 aliphatic heterocycles. The van der Waals surface area contributed by atoms with E-state index >= 15 is 0 Å². The van der Waals surface area contributed by atoms with Crippen molar-refractivity contribution in [3.05, 3.63) is 65.9 Å². The highest BCUT2D eigenvalue weighted by molar-refractivity contribution is 5.99. The van der Waals surface area contributed by atoms with Crippen LogP contribution in [0.5, 0.6) is 0 Å². The first-order chi connectivity index (χ1) is 13.7. The van der Waals surface area contributed by atoms with Crippen LogP contribution in [0, 0.1) is 0 Å². The van der Waals surface area contributed by atoms with Crippen LogP contribution in [0.1, 0.15) is 35.3 Å². The molecule has 1 amide bonds. The van der Waals surface area contributed by atoms with E-state index in [1.165, 1.54) is 5.56 Å². The molecular weight excluding hydrogens is 354 g/mol. The van der Waals surface area contributed by atoms with Crippen molar-refractivity contribution in [3.8, 4) is 0 Å². The van der Waals surface area contributed by atoms with E-state index in [0.717, 1.165) is 23.9 Å². The summed E-state index contributed by atoms with van der Waals surface area (Å²) in [4.78, 5) is 27.8. The van der Waals surface area contributed by atoms with Crippen molar-refractivity contribution in [1.82, 2.24) is 10.3 Å². The van der Waals surface area contributed by atoms with Crippen LogP contribution in [-0.4, -0.2) is 36.1 Å². The topological polar surface area (TPSA) is 83.2 Å². The number of amides is 1. The Labute approximate surface area is 163 Å². The fourth-order valence-corrected chi connectivity index (χ4v) is 3.79. The number of aromatic nitrogens is 1. The number of fused-ring (bicyclic) bond motifs is 1. The van der Waals surface area contributed by atoms with Gasteiger partial charge in [-0.25, -0.2) is 4.79 Å². The largest absolute Gasteiger partial charge is 0.461 e. The van der Waals surface area contributed by atoms with E-state index in [-0.39, 0.29) is 23.8 Å².